The number of aryl methyl sites for hydroxylation is 2. The molecule has 0 saturated carbocycles. The SMILES string of the molecule is Cc1nc(CNc2ncc(S(C)(=O)=O)c(C3CCCNC3)n2)sc1C.Cl. The fourth-order valence-corrected chi connectivity index (χ4v) is 4.61. The van der Waals surface area contributed by atoms with Gasteiger partial charge >= 0.3 is 0 Å². The van der Waals surface area contributed by atoms with Crippen molar-refractivity contribution in [3.8, 4) is 0 Å². The smallest absolute Gasteiger partial charge is 0.223 e. The van der Waals surface area contributed by atoms with E-state index in [1.165, 1.54) is 17.3 Å². The number of thiazole rings is 1. The number of halogens is 1. The van der Waals surface area contributed by atoms with Gasteiger partial charge in [-0.05, 0) is 33.2 Å². The van der Waals surface area contributed by atoms with E-state index in [9.17, 15) is 8.42 Å². The summed E-state index contributed by atoms with van der Waals surface area (Å²) in [7, 11) is -3.36. The van der Waals surface area contributed by atoms with Crippen molar-refractivity contribution in [2.45, 2.75) is 44.0 Å². The van der Waals surface area contributed by atoms with E-state index >= 15 is 0 Å². The molecule has 2 N–H and O–H groups in total. The summed E-state index contributed by atoms with van der Waals surface area (Å²) in [5, 5.41) is 7.45. The highest BCUT2D eigenvalue weighted by Crippen LogP contribution is 2.28. The number of nitrogens with one attached hydrogen (secondary N) is 2. The van der Waals surface area contributed by atoms with Gasteiger partial charge in [-0.15, -0.1) is 23.7 Å². The van der Waals surface area contributed by atoms with Gasteiger partial charge in [0.05, 0.1) is 24.1 Å². The van der Waals surface area contributed by atoms with Gasteiger partial charge in [-0.1, -0.05) is 0 Å². The zero-order valence-electron chi connectivity index (χ0n) is 15.1. The van der Waals surface area contributed by atoms with Crippen LogP contribution in [0.15, 0.2) is 11.1 Å². The average Bonchev–Trinajstić information content (AvgIpc) is 2.91. The minimum Gasteiger partial charge on any atom is -0.348 e. The van der Waals surface area contributed by atoms with Crippen LogP contribution in [0.25, 0.3) is 0 Å². The summed E-state index contributed by atoms with van der Waals surface area (Å²) in [4.78, 5) is 14.7. The minimum atomic E-state index is -3.36. The van der Waals surface area contributed by atoms with E-state index < -0.39 is 9.84 Å². The van der Waals surface area contributed by atoms with Gasteiger partial charge in [0.25, 0.3) is 0 Å². The second kappa shape index (κ2) is 8.60. The van der Waals surface area contributed by atoms with Crippen molar-refractivity contribution in [2.24, 2.45) is 0 Å². The number of nitrogens with zero attached hydrogens (tertiary/aromatic N) is 3. The Kier molecular flexibility index (Phi) is 6.95. The van der Waals surface area contributed by atoms with Crippen LogP contribution >= 0.6 is 23.7 Å². The molecule has 1 aliphatic rings. The Hall–Kier alpha value is -1.29. The molecule has 7 nitrogen and oxygen atoms in total. The number of hydrogen-bond donors (Lipinski definition) is 2. The third-order valence-electron chi connectivity index (χ3n) is 4.34. The first kappa shape index (κ1) is 21.0. The van der Waals surface area contributed by atoms with Gasteiger partial charge in [0.2, 0.25) is 5.95 Å². The van der Waals surface area contributed by atoms with Crippen molar-refractivity contribution in [3.63, 3.8) is 0 Å². The lowest BCUT2D eigenvalue weighted by Crippen LogP contribution is -2.30. The van der Waals surface area contributed by atoms with E-state index in [1.54, 1.807) is 11.3 Å². The molecule has 0 amide bonds. The standard InChI is InChI=1S/C16H23N5O2S2.ClH/c1-10-11(2)24-14(20-10)9-19-16-18-8-13(25(3,22)23)15(21-16)12-5-4-6-17-7-12;/h8,12,17H,4-7,9H2,1-3H3,(H,18,19,21);1H. The number of aromatic nitrogens is 3. The molecule has 1 aliphatic heterocycles. The lowest BCUT2D eigenvalue weighted by atomic mass is 9.96. The van der Waals surface area contributed by atoms with Crippen LogP contribution in [0, 0.1) is 13.8 Å². The van der Waals surface area contributed by atoms with E-state index in [4.69, 9.17) is 0 Å². The molecule has 3 heterocycles. The van der Waals surface area contributed by atoms with Crippen molar-refractivity contribution in [1.82, 2.24) is 20.3 Å². The van der Waals surface area contributed by atoms with Gasteiger partial charge in [0, 0.05) is 23.6 Å². The maximum absolute atomic E-state index is 12.1. The highest BCUT2D eigenvalue weighted by atomic mass is 35.5. The monoisotopic (exact) mass is 417 g/mol. The van der Waals surface area contributed by atoms with Gasteiger partial charge < -0.3 is 10.6 Å². The van der Waals surface area contributed by atoms with Crippen LogP contribution in [-0.2, 0) is 16.4 Å². The van der Waals surface area contributed by atoms with Crippen LogP contribution in [0.1, 0.15) is 40.0 Å². The molecule has 144 valence electrons. The predicted molar refractivity (Wildman–Crippen MR) is 106 cm³/mol. The molecule has 26 heavy (non-hydrogen) atoms. The Morgan fingerprint density at radius 3 is 2.69 bits per heavy atom. The molecular formula is C16H24ClN5O2S2. The molecule has 0 bridgehead atoms. The summed E-state index contributed by atoms with van der Waals surface area (Å²) in [5.41, 5.74) is 1.64. The van der Waals surface area contributed by atoms with E-state index in [-0.39, 0.29) is 23.2 Å². The minimum absolute atomic E-state index is 0. The summed E-state index contributed by atoms with van der Waals surface area (Å²) >= 11 is 1.64. The highest BCUT2D eigenvalue weighted by molar-refractivity contribution is 7.90. The van der Waals surface area contributed by atoms with Crippen molar-refractivity contribution in [3.05, 3.63) is 27.5 Å². The Balaban J connectivity index is 0.00000243. The van der Waals surface area contributed by atoms with Gasteiger partial charge in [0.1, 0.15) is 9.90 Å². The lowest BCUT2D eigenvalue weighted by molar-refractivity contribution is 0.448. The predicted octanol–water partition coefficient (Wildman–Crippen LogP) is 2.45. The quantitative estimate of drug-likeness (QED) is 0.771. The van der Waals surface area contributed by atoms with E-state index in [1.807, 2.05) is 13.8 Å². The second-order valence-electron chi connectivity index (χ2n) is 6.36. The van der Waals surface area contributed by atoms with Crippen LogP contribution < -0.4 is 10.6 Å². The summed E-state index contributed by atoms with van der Waals surface area (Å²) in [6.07, 6.45) is 4.57. The average molecular weight is 418 g/mol. The van der Waals surface area contributed by atoms with E-state index in [0.717, 1.165) is 36.6 Å². The Morgan fingerprint density at radius 1 is 1.35 bits per heavy atom. The highest BCUT2D eigenvalue weighted by Gasteiger charge is 2.25. The molecule has 0 spiro atoms. The van der Waals surface area contributed by atoms with Crippen molar-refractivity contribution in [1.29, 1.82) is 0 Å². The van der Waals surface area contributed by atoms with Crippen molar-refractivity contribution in [2.75, 3.05) is 24.7 Å². The normalized spacial score (nSPS) is 17.6. The molecule has 3 rings (SSSR count). The van der Waals surface area contributed by atoms with Crippen LogP contribution in [0.2, 0.25) is 0 Å². The molecule has 0 radical (unpaired) electrons. The van der Waals surface area contributed by atoms with Crippen LogP contribution in [0.4, 0.5) is 5.95 Å². The lowest BCUT2D eigenvalue weighted by Gasteiger charge is -2.24. The van der Waals surface area contributed by atoms with E-state index in [0.29, 0.717) is 18.2 Å². The number of hydrogen-bond acceptors (Lipinski definition) is 8. The molecule has 0 aliphatic carbocycles. The largest absolute Gasteiger partial charge is 0.348 e. The maximum Gasteiger partial charge on any atom is 0.223 e. The van der Waals surface area contributed by atoms with Gasteiger partial charge in [-0.3, -0.25) is 0 Å². The topological polar surface area (TPSA) is 96.9 Å². The van der Waals surface area contributed by atoms with Crippen molar-refractivity contribution < 1.29 is 8.42 Å². The number of rotatable bonds is 5. The Bertz CT molecular complexity index is 844. The van der Waals surface area contributed by atoms with Crippen molar-refractivity contribution >= 4 is 39.5 Å². The number of piperidine rings is 1. The second-order valence-corrected chi connectivity index (χ2v) is 9.63. The molecule has 1 saturated heterocycles. The third kappa shape index (κ3) is 4.91. The first-order valence-electron chi connectivity index (χ1n) is 8.29. The molecule has 1 atom stereocenters. The van der Waals surface area contributed by atoms with Crippen LogP contribution in [-0.4, -0.2) is 42.7 Å². The van der Waals surface area contributed by atoms with E-state index in [2.05, 4.69) is 25.6 Å². The summed E-state index contributed by atoms with van der Waals surface area (Å²) in [6, 6.07) is 0. The summed E-state index contributed by atoms with van der Waals surface area (Å²) in [5.74, 6) is 0.532. The Labute approximate surface area is 164 Å². The zero-order chi connectivity index (χ0) is 18.0. The maximum atomic E-state index is 12.1. The fourth-order valence-electron chi connectivity index (χ4n) is 2.90. The molecule has 10 heteroatoms. The van der Waals surface area contributed by atoms with Gasteiger partial charge in [0.15, 0.2) is 9.84 Å². The van der Waals surface area contributed by atoms with Gasteiger partial charge in [-0.25, -0.2) is 23.4 Å². The third-order valence-corrected chi connectivity index (χ3v) is 6.52. The number of anilines is 1. The fraction of sp³-hybridized carbons (Fsp3) is 0.562. The summed E-state index contributed by atoms with van der Waals surface area (Å²) in [6.45, 7) is 6.26. The molecule has 1 unspecified atom stereocenters. The van der Waals surface area contributed by atoms with Crippen LogP contribution in [0.3, 0.4) is 0 Å². The molecule has 2 aromatic rings. The van der Waals surface area contributed by atoms with Crippen LogP contribution in [0.5, 0.6) is 0 Å². The molecule has 1 fully saturated rings. The zero-order valence-corrected chi connectivity index (χ0v) is 17.5. The van der Waals surface area contributed by atoms with Gasteiger partial charge in [-0.2, -0.15) is 0 Å². The first-order chi connectivity index (χ1) is 11.8. The number of sulfone groups is 1. The Morgan fingerprint density at radius 2 is 2.12 bits per heavy atom. The summed E-state index contributed by atoms with van der Waals surface area (Å²) < 4.78 is 24.2. The molecular weight excluding hydrogens is 394 g/mol. The molecule has 0 aromatic carbocycles. The first-order valence-corrected chi connectivity index (χ1v) is 11.0. The molecule has 2 aromatic heterocycles.